The Hall–Kier alpha value is -2.15. The average molecular weight is 362 g/mol. The Balaban J connectivity index is 1.97. The highest BCUT2D eigenvalue weighted by atomic mass is 32.2. The predicted molar refractivity (Wildman–Crippen MR) is 110 cm³/mol. The number of benzene rings is 3. The second-order valence-electron chi connectivity index (χ2n) is 5.94. The summed E-state index contributed by atoms with van der Waals surface area (Å²) >= 11 is 5.64. The molecule has 3 aromatic rings. The van der Waals surface area contributed by atoms with Crippen LogP contribution in [-0.2, 0) is 6.42 Å². The summed E-state index contributed by atoms with van der Waals surface area (Å²) in [6, 6.07) is 21.1. The molecule has 0 bridgehead atoms. The molecule has 0 atom stereocenters. The summed E-state index contributed by atoms with van der Waals surface area (Å²) in [6.45, 7) is 4.32. The quantitative estimate of drug-likeness (QED) is 0.315. The van der Waals surface area contributed by atoms with E-state index in [4.69, 9.17) is 5.26 Å². The lowest BCUT2D eigenvalue weighted by molar-refractivity contribution is 1.13. The van der Waals surface area contributed by atoms with Crippen molar-refractivity contribution in [1.29, 1.82) is 5.26 Å². The van der Waals surface area contributed by atoms with E-state index in [1.807, 2.05) is 18.2 Å². The largest absolute Gasteiger partial charge is 0.185 e. The molecular formula is C22H19NS2. The van der Waals surface area contributed by atoms with Crippen LogP contribution >= 0.6 is 24.4 Å². The van der Waals surface area contributed by atoms with Gasteiger partial charge in [0.1, 0.15) is 5.40 Å². The van der Waals surface area contributed by atoms with Crippen molar-refractivity contribution in [3.05, 3.63) is 71.8 Å². The lowest BCUT2D eigenvalue weighted by Gasteiger charge is -2.13. The van der Waals surface area contributed by atoms with Crippen molar-refractivity contribution in [1.82, 2.24) is 0 Å². The zero-order chi connectivity index (χ0) is 17.8. The molecule has 0 heterocycles. The molecule has 3 rings (SSSR count). The van der Waals surface area contributed by atoms with Crippen LogP contribution < -0.4 is 0 Å². The number of nitrogens with zero attached hydrogens (tertiary/aromatic N) is 1. The van der Waals surface area contributed by atoms with Crippen molar-refractivity contribution in [2.24, 2.45) is 0 Å². The summed E-state index contributed by atoms with van der Waals surface area (Å²) in [5.74, 6) is 0. The zero-order valence-electron chi connectivity index (χ0n) is 14.3. The van der Waals surface area contributed by atoms with Crippen LogP contribution in [0, 0.1) is 17.6 Å². The van der Waals surface area contributed by atoms with Crippen LogP contribution in [0.4, 0.5) is 0 Å². The molecule has 1 nitrogen and oxygen atoms in total. The van der Waals surface area contributed by atoms with Crippen LogP contribution in [-0.4, -0.2) is 0 Å². The molecule has 0 aliphatic rings. The van der Waals surface area contributed by atoms with E-state index < -0.39 is 0 Å². The maximum absolute atomic E-state index is 8.76. The fourth-order valence-corrected chi connectivity index (χ4v) is 3.67. The van der Waals surface area contributed by atoms with Crippen molar-refractivity contribution >= 4 is 24.4 Å². The van der Waals surface area contributed by atoms with E-state index in [1.165, 1.54) is 45.1 Å². The smallest absolute Gasteiger partial charge is 0.138 e. The fourth-order valence-electron chi connectivity index (χ4n) is 3.06. The second-order valence-corrected chi connectivity index (χ2v) is 7.32. The minimum Gasteiger partial charge on any atom is -0.185 e. The lowest BCUT2D eigenvalue weighted by Crippen LogP contribution is -1.90. The number of hydrogen-bond donors (Lipinski definition) is 1. The molecule has 25 heavy (non-hydrogen) atoms. The van der Waals surface area contributed by atoms with Gasteiger partial charge in [-0.05, 0) is 82.8 Å². The molecule has 0 spiro atoms. The standard InChI is InChI=1S/C22H19NS2/c1-3-16-13-19(24)7-11-22(16)18-6-10-21(15(2)12-18)17-4-8-20(9-5-17)25-14-23/h4-13,24H,3H2,1-2H3. The van der Waals surface area contributed by atoms with Crippen molar-refractivity contribution < 1.29 is 0 Å². The highest BCUT2D eigenvalue weighted by molar-refractivity contribution is 8.03. The first-order valence-electron chi connectivity index (χ1n) is 8.21. The van der Waals surface area contributed by atoms with Crippen molar-refractivity contribution in [3.8, 4) is 27.7 Å². The van der Waals surface area contributed by atoms with E-state index in [0.29, 0.717) is 0 Å². The van der Waals surface area contributed by atoms with E-state index in [-0.39, 0.29) is 0 Å². The molecule has 0 aliphatic heterocycles. The molecule has 0 unspecified atom stereocenters. The van der Waals surface area contributed by atoms with Gasteiger partial charge in [-0.15, -0.1) is 12.6 Å². The summed E-state index contributed by atoms with van der Waals surface area (Å²) in [6.07, 6.45) is 0.989. The molecule has 0 N–H and O–H groups in total. The van der Waals surface area contributed by atoms with Gasteiger partial charge in [0.2, 0.25) is 0 Å². The van der Waals surface area contributed by atoms with E-state index in [0.717, 1.165) is 16.2 Å². The number of nitriles is 1. The monoisotopic (exact) mass is 361 g/mol. The van der Waals surface area contributed by atoms with Gasteiger partial charge in [0, 0.05) is 9.79 Å². The van der Waals surface area contributed by atoms with Gasteiger partial charge in [-0.25, -0.2) is 0 Å². The van der Waals surface area contributed by atoms with Crippen molar-refractivity contribution in [3.63, 3.8) is 0 Å². The van der Waals surface area contributed by atoms with Gasteiger partial charge in [0.25, 0.3) is 0 Å². The van der Waals surface area contributed by atoms with Crippen LogP contribution in [0.2, 0.25) is 0 Å². The molecular weight excluding hydrogens is 342 g/mol. The topological polar surface area (TPSA) is 23.8 Å². The van der Waals surface area contributed by atoms with E-state index in [9.17, 15) is 0 Å². The van der Waals surface area contributed by atoms with Gasteiger partial charge < -0.3 is 0 Å². The van der Waals surface area contributed by atoms with Crippen LogP contribution in [0.5, 0.6) is 0 Å². The van der Waals surface area contributed by atoms with Crippen LogP contribution in [0.3, 0.4) is 0 Å². The molecule has 0 saturated heterocycles. The predicted octanol–water partition coefficient (Wildman–Crippen LogP) is 6.75. The van der Waals surface area contributed by atoms with Gasteiger partial charge in [0.15, 0.2) is 0 Å². The maximum atomic E-state index is 8.76. The first-order chi connectivity index (χ1) is 12.1. The Morgan fingerprint density at radius 2 is 1.60 bits per heavy atom. The van der Waals surface area contributed by atoms with Gasteiger partial charge in [-0.3, -0.25) is 0 Å². The molecule has 0 aliphatic carbocycles. The first-order valence-corrected chi connectivity index (χ1v) is 9.48. The van der Waals surface area contributed by atoms with E-state index in [2.05, 4.69) is 74.3 Å². The third kappa shape index (κ3) is 3.92. The molecule has 3 heteroatoms. The zero-order valence-corrected chi connectivity index (χ0v) is 16.0. The Morgan fingerprint density at radius 1 is 0.920 bits per heavy atom. The Labute approximate surface area is 159 Å². The minimum absolute atomic E-state index is 0.972. The number of hydrogen-bond acceptors (Lipinski definition) is 3. The minimum atomic E-state index is 0.972. The summed E-state index contributed by atoms with van der Waals surface area (Å²) in [5.41, 5.74) is 7.47. The molecule has 3 aromatic carbocycles. The summed E-state index contributed by atoms with van der Waals surface area (Å²) < 4.78 is 0. The summed E-state index contributed by atoms with van der Waals surface area (Å²) in [7, 11) is 0. The van der Waals surface area contributed by atoms with Gasteiger partial charge in [-0.1, -0.05) is 43.3 Å². The van der Waals surface area contributed by atoms with Crippen molar-refractivity contribution in [2.75, 3.05) is 0 Å². The summed E-state index contributed by atoms with van der Waals surface area (Å²) in [5, 5.41) is 10.9. The van der Waals surface area contributed by atoms with E-state index >= 15 is 0 Å². The lowest BCUT2D eigenvalue weighted by atomic mass is 9.93. The molecule has 0 saturated carbocycles. The molecule has 0 fully saturated rings. The van der Waals surface area contributed by atoms with Crippen LogP contribution in [0.1, 0.15) is 18.1 Å². The maximum Gasteiger partial charge on any atom is 0.138 e. The van der Waals surface area contributed by atoms with Gasteiger partial charge in [0.05, 0.1) is 0 Å². The average Bonchev–Trinajstić information content (AvgIpc) is 2.62. The van der Waals surface area contributed by atoms with E-state index in [1.54, 1.807) is 0 Å². The SMILES string of the molecule is CCc1cc(S)ccc1-c1ccc(-c2ccc(SC#N)cc2)c(C)c1. The third-order valence-electron chi connectivity index (χ3n) is 4.34. The highest BCUT2D eigenvalue weighted by Gasteiger charge is 2.08. The summed E-state index contributed by atoms with van der Waals surface area (Å²) in [4.78, 5) is 1.98. The number of aryl methyl sites for hydroxylation is 2. The van der Waals surface area contributed by atoms with Crippen molar-refractivity contribution in [2.45, 2.75) is 30.1 Å². The molecule has 0 radical (unpaired) electrons. The Kier molecular flexibility index (Phi) is 5.53. The number of thiol groups is 1. The Morgan fingerprint density at radius 3 is 2.24 bits per heavy atom. The van der Waals surface area contributed by atoms with Crippen LogP contribution in [0.25, 0.3) is 22.3 Å². The first kappa shape index (κ1) is 17.7. The fraction of sp³-hybridized carbons (Fsp3) is 0.136. The number of thioether (sulfide) groups is 1. The Bertz CT molecular complexity index is 937. The molecule has 0 amide bonds. The normalized spacial score (nSPS) is 10.5. The highest BCUT2D eigenvalue weighted by Crippen LogP contribution is 2.32. The number of rotatable bonds is 4. The van der Waals surface area contributed by atoms with Gasteiger partial charge >= 0.3 is 0 Å². The van der Waals surface area contributed by atoms with Gasteiger partial charge in [-0.2, -0.15) is 5.26 Å². The molecule has 0 aromatic heterocycles. The third-order valence-corrected chi connectivity index (χ3v) is 5.21. The number of thiocyanates is 1. The molecule has 124 valence electrons. The van der Waals surface area contributed by atoms with Crippen LogP contribution in [0.15, 0.2) is 70.5 Å². The second kappa shape index (κ2) is 7.82.